The molecule has 0 aliphatic heterocycles. The van der Waals surface area contributed by atoms with Crippen LogP contribution < -0.4 is 5.73 Å². The van der Waals surface area contributed by atoms with Crippen LogP contribution in [-0.4, -0.2) is 18.0 Å². The highest BCUT2D eigenvalue weighted by Gasteiger charge is 2.10. The van der Waals surface area contributed by atoms with Crippen LogP contribution in [0.5, 0.6) is 0 Å². The summed E-state index contributed by atoms with van der Waals surface area (Å²) in [6.45, 7) is 6.66. The van der Waals surface area contributed by atoms with Crippen molar-refractivity contribution in [1.82, 2.24) is 9.97 Å². The van der Waals surface area contributed by atoms with Crippen molar-refractivity contribution in [1.29, 1.82) is 0 Å². The molecule has 0 radical (unpaired) electrons. The van der Waals surface area contributed by atoms with E-state index in [1.807, 2.05) is 5.38 Å². The van der Waals surface area contributed by atoms with Gasteiger partial charge in [0.25, 0.3) is 0 Å². The van der Waals surface area contributed by atoms with Crippen molar-refractivity contribution in [3.05, 3.63) is 17.3 Å². The van der Waals surface area contributed by atoms with Crippen molar-refractivity contribution in [2.75, 3.05) is 5.73 Å². The maximum atomic E-state index is 5.77. The summed E-state index contributed by atoms with van der Waals surface area (Å²) in [5.74, 6) is 3.75. The van der Waals surface area contributed by atoms with Crippen molar-refractivity contribution in [3.8, 4) is 11.5 Å². The summed E-state index contributed by atoms with van der Waals surface area (Å²) >= 11 is 1.55. The van der Waals surface area contributed by atoms with E-state index in [0.29, 0.717) is 5.82 Å². The van der Waals surface area contributed by atoms with Gasteiger partial charge in [-0.3, -0.25) is 0 Å². The Morgan fingerprint density at radius 1 is 1.31 bits per heavy atom. The minimum atomic E-state index is -1.35. The molecular weight excluding hydrogens is 234 g/mol. The first kappa shape index (κ1) is 11.1. The molecule has 0 aliphatic rings. The molecule has 2 rings (SSSR count). The van der Waals surface area contributed by atoms with Gasteiger partial charge in [-0.15, -0.1) is 16.9 Å². The lowest BCUT2D eigenvalue weighted by molar-refractivity contribution is 1.24. The van der Waals surface area contributed by atoms with Gasteiger partial charge in [-0.25, -0.2) is 9.97 Å². The van der Waals surface area contributed by atoms with Crippen LogP contribution in [0.2, 0.25) is 19.6 Å². The van der Waals surface area contributed by atoms with Crippen molar-refractivity contribution in [2.45, 2.75) is 19.6 Å². The molecule has 0 saturated carbocycles. The van der Waals surface area contributed by atoms with Gasteiger partial charge in [0.1, 0.15) is 25.7 Å². The molecule has 0 unspecified atom stereocenters. The van der Waals surface area contributed by atoms with E-state index < -0.39 is 8.07 Å². The number of hydrogen-bond donors (Lipinski definition) is 1. The maximum Gasteiger partial charge on any atom is 0.144 e. The third-order valence-electron chi connectivity index (χ3n) is 1.95. The summed E-state index contributed by atoms with van der Waals surface area (Å²) in [6, 6.07) is 0. The predicted molar refractivity (Wildman–Crippen MR) is 72.1 cm³/mol. The smallest absolute Gasteiger partial charge is 0.144 e. The number of fused-ring (bicyclic) bond motifs is 1. The zero-order valence-electron chi connectivity index (χ0n) is 9.53. The number of rotatable bonds is 0. The van der Waals surface area contributed by atoms with E-state index in [4.69, 9.17) is 5.73 Å². The molecule has 0 aliphatic carbocycles. The Balaban J connectivity index is 2.54. The average Bonchev–Trinajstić information content (AvgIpc) is 2.58. The Hall–Kier alpha value is -1.38. The van der Waals surface area contributed by atoms with Crippen LogP contribution in [0.4, 0.5) is 5.82 Å². The van der Waals surface area contributed by atoms with E-state index in [0.717, 1.165) is 15.8 Å². The molecular formula is C11H13N3SSi. The van der Waals surface area contributed by atoms with Crippen molar-refractivity contribution in [3.63, 3.8) is 0 Å². The van der Waals surface area contributed by atoms with Crippen molar-refractivity contribution < 1.29 is 0 Å². The lowest BCUT2D eigenvalue weighted by Crippen LogP contribution is -2.16. The van der Waals surface area contributed by atoms with Gasteiger partial charge in [-0.2, -0.15) is 0 Å². The molecule has 0 saturated heterocycles. The van der Waals surface area contributed by atoms with E-state index in [1.165, 1.54) is 6.33 Å². The molecule has 0 fully saturated rings. The molecule has 16 heavy (non-hydrogen) atoms. The number of thiophene rings is 1. The van der Waals surface area contributed by atoms with Crippen molar-refractivity contribution >= 4 is 35.4 Å². The highest BCUT2D eigenvalue weighted by molar-refractivity contribution is 7.18. The molecule has 0 bridgehead atoms. The summed E-state index contributed by atoms with van der Waals surface area (Å²) in [7, 11) is -1.35. The molecule has 5 heteroatoms. The fourth-order valence-electron chi connectivity index (χ4n) is 1.21. The van der Waals surface area contributed by atoms with Crippen LogP contribution in [0.25, 0.3) is 10.2 Å². The molecule has 0 atom stereocenters. The van der Waals surface area contributed by atoms with Gasteiger partial charge in [0.15, 0.2) is 0 Å². The third kappa shape index (κ3) is 2.23. The zero-order chi connectivity index (χ0) is 11.8. The molecule has 2 N–H and O–H groups in total. The van der Waals surface area contributed by atoms with Gasteiger partial charge in [-0.1, -0.05) is 25.6 Å². The summed E-state index contributed by atoms with van der Waals surface area (Å²) in [6.07, 6.45) is 1.49. The minimum absolute atomic E-state index is 0.538. The second kappa shape index (κ2) is 3.89. The Morgan fingerprint density at radius 3 is 2.75 bits per heavy atom. The maximum absolute atomic E-state index is 5.77. The van der Waals surface area contributed by atoms with Gasteiger partial charge in [0, 0.05) is 5.38 Å². The number of anilines is 1. The minimum Gasteiger partial charge on any atom is -0.382 e. The normalized spacial score (nSPS) is 11.2. The fourth-order valence-corrected chi connectivity index (χ4v) is 2.58. The van der Waals surface area contributed by atoms with Crippen LogP contribution in [0.15, 0.2) is 11.7 Å². The Kier molecular flexibility index (Phi) is 2.70. The highest BCUT2D eigenvalue weighted by atomic mass is 32.1. The number of nitrogens with two attached hydrogens (primary N) is 1. The molecule has 2 aromatic rings. The van der Waals surface area contributed by atoms with Crippen LogP contribution in [0.3, 0.4) is 0 Å². The van der Waals surface area contributed by atoms with Gasteiger partial charge >= 0.3 is 0 Å². The zero-order valence-corrected chi connectivity index (χ0v) is 11.4. The first-order chi connectivity index (χ1) is 7.47. The first-order valence-corrected chi connectivity index (χ1v) is 9.36. The largest absolute Gasteiger partial charge is 0.382 e. The van der Waals surface area contributed by atoms with Crippen molar-refractivity contribution in [2.24, 2.45) is 0 Å². The molecule has 0 aromatic carbocycles. The third-order valence-corrected chi connectivity index (χ3v) is 3.82. The van der Waals surface area contributed by atoms with E-state index in [-0.39, 0.29) is 0 Å². The average molecular weight is 247 g/mol. The summed E-state index contributed by atoms with van der Waals surface area (Å²) in [4.78, 5) is 8.20. The Bertz CT molecular complexity index is 587. The summed E-state index contributed by atoms with van der Waals surface area (Å²) < 4.78 is 0.933. The highest BCUT2D eigenvalue weighted by Crippen LogP contribution is 2.26. The van der Waals surface area contributed by atoms with Crippen LogP contribution >= 0.6 is 11.3 Å². The van der Waals surface area contributed by atoms with Crippen LogP contribution in [0.1, 0.15) is 5.56 Å². The Labute approximate surface area is 99.7 Å². The number of nitrogen functional groups attached to an aromatic ring is 1. The fraction of sp³-hybridized carbons (Fsp3) is 0.273. The summed E-state index contributed by atoms with van der Waals surface area (Å²) in [5, 5.41) is 2.00. The van der Waals surface area contributed by atoms with E-state index in [9.17, 15) is 0 Å². The van der Waals surface area contributed by atoms with Crippen LogP contribution in [0, 0.1) is 11.5 Å². The van der Waals surface area contributed by atoms with E-state index in [2.05, 4.69) is 41.1 Å². The molecule has 0 spiro atoms. The van der Waals surface area contributed by atoms with Gasteiger partial charge in [0.2, 0.25) is 0 Å². The first-order valence-electron chi connectivity index (χ1n) is 4.98. The standard InChI is InChI=1S/C11H13N3SSi/c1-16(2,3)5-4-8-6-15-10-9(8)13-7-14-11(10)12/h6-7H,1-3H3,(H2,12,13,14). The number of hydrogen-bond acceptors (Lipinski definition) is 4. The Morgan fingerprint density at radius 2 is 2.06 bits per heavy atom. The molecule has 82 valence electrons. The van der Waals surface area contributed by atoms with Crippen LogP contribution in [-0.2, 0) is 0 Å². The molecule has 2 aromatic heterocycles. The lowest BCUT2D eigenvalue weighted by Gasteiger charge is -2.02. The van der Waals surface area contributed by atoms with Gasteiger partial charge in [-0.05, 0) is 0 Å². The number of nitrogens with zero attached hydrogens (tertiary/aromatic N) is 2. The van der Waals surface area contributed by atoms with Gasteiger partial charge in [0.05, 0.1) is 10.3 Å². The van der Waals surface area contributed by atoms with E-state index in [1.54, 1.807) is 11.3 Å². The molecule has 2 heterocycles. The molecule has 0 amide bonds. The second-order valence-corrected chi connectivity index (χ2v) is 10.2. The molecule has 3 nitrogen and oxygen atoms in total. The van der Waals surface area contributed by atoms with E-state index >= 15 is 0 Å². The predicted octanol–water partition coefficient (Wildman–Crippen LogP) is 2.50. The quantitative estimate of drug-likeness (QED) is 0.575. The monoisotopic (exact) mass is 247 g/mol. The lowest BCUT2D eigenvalue weighted by atomic mass is 10.3. The number of aromatic nitrogens is 2. The summed E-state index contributed by atoms with van der Waals surface area (Å²) in [5.41, 5.74) is 10.9. The SMILES string of the molecule is C[Si](C)(C)C#Cc1csc2c(N)ncnc12. The second-order valence-electron chi connectivity index (χ2n) is 4.59. The topological polar surface area (TPSA) is 51.8 Å². The van der Waals surface area contributed by atoms with Gasteiger partial charge < -0.3 is 5.73 Å².